The van der Waals surface area contributed by atoms with E-state index in [9.17, 15) is 5.11 Å². The van der Waals surface area contributed by atoms with Crippen molar-refractivity contribution < 1.29 is 9.84 Å². The lowest BCUT2D eigenvalue weighted by atomic mass is 9.92. The lowest BCUT2D eigenvalue weighted by Gasteiger charge is -2.41. The lowest BCUT2D eigenvalue weighted by molar-refractivity contribution is -0.134. The van der Waals surface area contributed by atoms with Gasteiger partial charge in [0.2, 0.25) is 0 Å². The van der Waals surface area contributed by atoms with Crippen LogP contribution in [0.25, 0.3) is 0 Å². The SMILES string of the molecule is CCc1nc(CN2CCO[C@](CO)(Cc3cccc(C)c3)C2)c(C)[nH]1. The van der Waals surface area contributed by atoms with Gasteiger partial charge in [0.25, 0.3) is 0 Å². The molecule has 1 saturated heterocycles. The highest BCUT2D eigenvalue weighted by Gasteiger charge is 2.36. The highest BCUT2D eigenvalue weighted by atomic mass is 16.5. The number of aliphatic hydroxyl groups is 1. The minimum atomic E-state index is -0.538. The van der Waals surface area contributed by atoms with Crippen LogP contribution in [0.2, 0.25) is 0 Å². The molecule has 136 valence electrons. The first-order valence-corrected chi connectivity index (χ1v) is 9.10. The molecule has 0 amide bonds. The second-order valence-electron chi connectivity index (χ2n) is 7.17. The van der Waals surface area contributed by atoms with Crippen molar-refractivity contribution in [2.75, 3.05) is 26.3 Å². The molecule has 2 heterocycles. The van der Waals surface area contributed by atoms with E-state index in [2.05, 4.69) is 54.9 Å². The third-order valence-electron chi connectivity index (χ3n) is 4.97. The maximum Gasteiger partial charge on any atom is 0.108 e. The molecule has 5 nitrogen and oxygen atoms in total. The van der Waals surface area contributed by atoms with Crippen molar-refractivity contribution in [2.24, 2.45) is 0 Å². The topological polar surface area (TPSA) is 61.4 Å². The molecule has 1 fully saturated rings. The number of hydrogen-bond donors (Lipinski definition) is 2. The number of nitrogens with zero attached hydrogens (tertiary/aromatic N) is 2. The molecule has 1 aromatic carbocycles. The molecule has 1 aliphatic heterocycles. The van der Waals surface area contributed by atoms with Gasteiger partial charge in [-0.15, -0.1) is 0 Å². The summed E-state index contributed by atoms with van der Waals surface area (Å²) >= 11 is 0. The molecule has 2 aromatic rings. The van der Waals surface area contributed by atoms with Gasteiger partial charge in [-0.1, -0.05) is 36.8 Å². The standard InChI is InChI=1S/C20H29N3O2/c1-4-19-21-16(3)18(22-19)12-23-8-9-25-20(13-23,14-24)11-17-7-5-6-15(2)10-17/h5-7,10,24H,4,8-9,11-14H2,1-3H3,(H,21,22)/t20-/m1/s1. The number of benzene rings is 1. The molecule has 1 atom stereocenters. The number of H-pyrrole nitrogens is 1. The normalized spacial score (nSPS) is 21.6. The van der Waals surface area contributed by atoms with Gasteiger partial charge in [-0.2, -0.15) is 0 Å². The number of aliphatic hydroxyl groups excluding tert-OH is 1. The number of hydrogen-bond acceptors (Lipinski definition) is 4. The number of ether oxygens (including phenoxy) is 1. The van der Waals surface area contributed by atoms with Crippen LogP contribution in [0.1, 0.15) is 35.3 Å². The number of imidazole rings is 1. The van der Waals surface area contributed by atoms with Crippen LogP contribution in [0.3, 0.4) is 0 Å². The van der Waals surface area contributed by atoms with Crippen LogP contribution in [0.5, 0.6) is 0 Å². The second-order valence-corrected chi connectivity index (χ2v) is 7.17. The van der Waals surface area contributed by atoms with Crippen LogP contribution >= 0.6 is 0 Å². The Kier molecular flexibility index (Phi) is 5.57. The van der Waals surface area contributed by atoms with Gasteiger partial charge in [-0.3, -0.25) is 4.90 Å². The van der Waals surface area contributed by atoms with E-state index in [-0.39, 0.29) is 6.61 Å². The number of aromatic nitrogens is 2. The van der Waals surface area contributed by atoms with Crippen LogP contribution in [0.4, 0.5) is 0 Å². The lowest BCUT2D eigenvalue weighted by Crippen LogP contribution is -2.55. The summed E-state index contributed by atoms with van der Waals surface area (Å²) in [6.07, 6.45) is 1.64. The Morgan fingerprint density at radius 2 is 2.20 bits per heavy atom. The number of nitrogens with one attached hydrogen (secondary N) is 1. The monoisotopic (exact) mass is 343 g/mol. The molecule has 1 aromatic heterocycles. The van der Waals surface area contributed by atoms with Crippen molar-refractivity contribution in [3.8, 4) is 0 Å². The summed E-state index contributed by atoms with van der Waals surface area (Å²) in [4.78, 5) is 10.4. The average molecular weight is 343 g/mol. The number of morpholine rings is 1. The molecule has 2 N–H and O–H groups in total. The Balaban J connectivity index is 1.72. The molecule has 1 aliphatic rings. The van der Waals surface area contributed by atoms with E-state index in [1.165, 1.54) is 11.1 Å². The van der Waals surface area contributed by atoms with Gasteiger partial charge in [0.05, 0.1) is 18.9 Å². The van der Waals surface area contributed by atoms with E-state index < -0.39 is 5.60 Å². The molecular weight excluding hydrogens is 314 g/mol. The summed E-state index contributed by atoms with van der Waals surface area (Å²) in [5.41, 5.74) is 4.14. The number of aromatic amines is 1. The maximum atomic E-state index is 10.1. The van der Waals surface area contributed by atoms with E-state index in [1.807, 2.05) is 0 Å². The van der Waals surface area contributed by atoms with Crippen molar-refractivity contribution in [3.63, 3.8) is 0 Å². The van der Waals surface area contributed by atoms with E-state index in [1.54, 1.807) is 0 Å². The van der Waals surface area contributed by atoms with Gasteiger partial charge in [-0.05, 0) is 19.4 Å². The van der Waals surface area contributed by atoms with Gasteiger partial charge in [0, 0.05) is 38.2 Å². The summed E-state index contributed by atoms with van der Waals surface area (Å²) in [7, 11) is 0. The van der Waals surface area contributed by atoms with E-state index in [0.717, 1.165) is 43.1 Å². The summed E-state index contributed by atoms with van der Waals surface area (Å²) in [6.45, 7) is 9.31. The molecule has 0 unspecified atom stereocenters. The first-order chi connectivity index (χ1) is 12.0. The molecule has 0 spiro atoms. The van der Waals surface area contributed by atoms with Gasteiger partial charge in [0.1, 0.15) is 11.4 Å². The van der Waals surface area contributed by atoms with Crippen LogP contribution in [-0.2, 0) is 24.1 Å². The minimum absolute atomic E-state index is 0.0250. The third-order valence-corrected chi connectivity index (χ3v) is 4.97. The zero-order valence-electron chi connectivity index (χ0n) is 15.5. The van der Waals surface area contributed by atoms with Gasteiger partial charge in [-0.25, -0.2) is 4.98 Å². The first kappa shape index (κ1) is 18.1. The van der Waals surface area contributed by atoms with Crippen molar-refractivity contribution in [2.45, 2.75) is 45.8 Å². The van der Waals surface area contributed by atoms with Crippen LogP contribution in [0.15, 0.2) is 24.3 Å². The Hall–Kier alpha value is -1.69. The zero-order chi connectivity index (χ0) is 17.9. The molecule has 0 bridgehead atoms. The molecule has 5 heteroatoms. The molecule has 3 rings (SSSR count). The summed E-state index contributed by atoms with van der Waals surface area (Å²) in [5.74, 6) is 1.04. The molecular formula is C20H29N3O2. The summed E-state index contributed by atoms with van der Waals surface area (Å²) in [6, 6.07) is 8.44. The predicted octanol–water partition coefficient (Wildman–Crippen LogP) is 2.39. The van der Waals surface area contributed by atoms with Crippen molar-refractivity contribution in [3.05, 3.63) is 52.6 Å². The number of rotatable bonds is 6. The maximum absolute atomic E-state index is 10.1. The molecule has 0 radical (unpaired) electrons. The Bertz CT molecular complexity index is 713. The van der Waals surface area contributed by atoms with Crippen LogP contribution < -0.4 is 0 Å². The van der Waals surface area contributed by atoms with Gasteiger partial charge >= 0.3 is 0 Å². The second kappa shape index (κ2) is 7.68. The van der Waals surface area contributed by atoms with Crippen LogP contribution in [-0.4, -0.2) is 51.9 Å². The van der Waals surface area contributed by atoms with Crippen molar-refractivity contribution in [1.82, 2.24) is 14.9 Å². The third kappa shape index (κ3) is 4.29. The van der Waals surface area contributed by atoms with Gasteiger partial charge in [0.15, 0.2) is 0 Å². The fourth-order valence-electron chi connectivity index (χ4n) is 3.61. The predicted molar refractivity (Wildman–Crippen MR) is 98.6 cm³/mol. The summed E-state index contributed by atoms with van der Waals surface area (Å²) < 4.78 is 6.06. The highest BCUT2D eigenvalue weighted by Crippen LogP contribution is 2.25. The molecule has 25 heavy (non-hydrogen) atoms. The summed E-state index contributed by atoms with van der Waals surface area (Å²) in [5, 5.41) is 10.1. The fraction of sp³-hybridized carbons (Fsp3) is 0.550. The fourth-order valence-corrected chi connectivity index (χ4v) is 3.61. The smallest absolute Gasteiger partial charge is 0.108 e. The molecule has 0 saturated carbocycles. The minimum Gasteiger partial charge on any atom is -0.393 e. The van der Waals surface area contributed by atoms with E-state index in [0.29, 0.717) is 13.2 Å². The van der Waals surface area contributed by atoms with Crippen LogP contribution in [0, 0.1) is 13.8 Å². The first-order valence-electron chi connectivity index (χ1n) is 9.10. The largest absolute Gasteiger partial charge is 0.393 e. The Labute approximate surface area is 150 Å². The quantitative estimate of drug-likeness (QED) is 0.845. The molecule has 0 aliphatic carbocycles. The Morgan fingerprint density at radius 1 is 1.36 bits per heavy atom. The van der Waals surface area contributed by atoms with E-state index in [4.69, 9.17) is 9.72 Å². The average Bonchev–Trinajstić information content (AvgIpc) is 2.95. The van der Waals surface area contributed by atoms with Crippen molar-refractivity contribution in [1.29, 1.82) is 0 Å². The zero-order valence-corrected chi connectivity index (χ0v) is 15.5. The van der Waals surface area contributed by atoms with Gasteiger partial charge < -0.3 is 14.8 Å². The number of aryl methyl sites for hydroxylation is 3. The Morgan fingerprint density at radius 3 is 2.88 bits per heavy atom. The van der Waals surface area contributed by atoms with Crippen molar-refractivity contribution >= 4 is 0 Å². The highest BCUT2D eigenvalue weighted by molar-refractivity contribution is 5.24. The van der Waals surface area contributed by atoms with E-state index >= 15 is 0 Å².